The SMILES string of the molecule is CC1(O)CCCN(C(=O)c2ccccc2OC(F)F)CC1. The highest BCUT2D eigenvalue weighted by atomic mass is 19.3. The summed E-state index contributed by atoms with van der Waals surface area (Å²) in [6, 6.07) is 5.98. The molecule has 1 fully saturated rings. The van der Waals surface area contributed by atoms with Crippen LogP contribution >= 0.6 is 0 Å². The van der Waals surface area contributed by atoms with Crippen molar-refractivity contribution in [3.63, 3.8) is 0 Å². The summed E-state index contributed by atoms with van der Waals surface area (Å²) >= 11 is 0. The normalized spacial score (nSPS) is 23.0. The van der Waals surface area contributed by atoms with E-state index in [2.05, 4.69) is 4.74 Å². The van der Waals surface area contributed by atoms with Gasteiger partial charge < -0.3 is 14.7 Å². The van der Waals surface area contributed by atoms with Crippen molar-refractivity contribution in [2.45, 2.75) is 38.4 Å². The fourth-order valence-electron chi connectivity index (χ4n) is 2.48. The van der Waals surface area contributed by atoms with Crippen LogP contribution in [0.15, 0.2) is 24.3 Å². The molecule has 1 aromatic rings. The first-order chi connectivity index (χ1) is 9.89. The molecule has 1 aromatic carbocycles. The standard InChI is InChI=1S/C15H19F2NO3/c1-15(20)7-4-9-18(10-8-15)13(19)11-5-2-3-6-12(11)21-14(16)17/h2-3,5-6,14,20H,4,7-10H2,1H3. The number of hydrogen-bond acceptors (Lipinski definition) is 3. The summed E-state index contributed by atoms with van der Waals surface area (Å²) in [5.41, 5.74) is -0.659. The van der Waals surface area contributed by atoms with Crippen LogP contribution in [0.2, 0.25) is 0 Å². The molecule has 1 aliphatic heterocycles. The van der Waals surface area contributed by atoms with Gasteiger partial charge in [-0.05, 0) is 38.3 Å². The fraction of sp³-hybridized carbons (Fsp3) is 0.533. The molecular formula is C15H19F2NO3. The number of amides is 1. The number of aliphatic hydroxyl groups is 1. The molecule has 0 saturated carbocycles. The molecule has 0 bridgehead atoms. The number of halogens is 2. The van der Waals surface area contributed by atoms with E-state index in [1.54, 1.807) is 24.0 Å². The number of rotatable bonds is 3. The van der Waals surface area contributed by atoms with E-state index in [0.717, 1.165) is 0 Å². The zero-order valence-electron chi connectivity index (χ0n) is 11.9. The van der Waals surface area contributed by atoms with Crippen LogP contribution in [-0.2, 0) is 0 Å². The van der Waals surface area contributed by atoms with Gasteiger partial charge in [-0.1, -0.05) is 12.1 Å². The van der Waals surface area contributed by atoms with Gasteiger partial charge in [0.2, 0.25) is 0 Å². The number of hydrogen-bond donors (Lipinski definition) is 1. The van der Waals surface area contributed by atoms with Crippen LogP contribution in [-0.4, -0.2) is 41.2 Å². The molecule has 1 saturated heterocycles. The second-order valence-corrected chi connectivity index (χ2v) is 5.52. The Bertz CT molecular complexity index is 505. The first-order valence-corrected chi connectivity index (χ1v) is 6.94. The van der Waals surface area contributed by atoms with Crippen molar-refractivity contribution in [2.24, 2.45) is 0 Å². The van der Waals surface area contributed by atoms with Gasteiger partial charge in [0.05, 0.1) is 11.2 Å². The highest BCUT2D eigenvalue weighted by Crippen LogP contribution is 2.26. The monoisotopic (exact) mass is 299 g/mol. The Morgan fingerprint density at radius 1 is 1.33 bits per heavy atom. The van der Waals surface area contributed by atoms with Crippen LogP contribution in [0.3, 0.4) is 0 Å². The maximum atomic E-state index is 12.5. The van der Waals surface area contributed by atoms with E-state index in [1.165, 1.54) is 12.1 Å². The lowest BCUT2D eigenvalue weighted by Gasteiger charge is -2.23. The van der Waals surface area contributed by atoms with Gasteiger partial charge in [0, 0.05) is 13.1 Å². The lowest BCUT2D eigenvalue weighted by Crippen LogP contribution is -2.33. The van der Waals surface area contributed by atoms with Crippen LogP contribution in [0.4, 0.5) is 8.78 Å². The van der Waals surface area contributed by atoms with Gasteiger partial charge >= 0.3 is 6.61 Å². The maximum absolute atomic E-state index is 12.5. The molecule has 21 heavy (non-hydrogen) atoms. The Morgan fingerprint density at radius 2 is 2.05 bits per heavy atom. The number of nitrogens with zero attached hydrogens (tertiary/aromatic N) is 1. The zero-order valence-corrected chi connectivity index (χ0v) is 11.9. The first kappa shape index (κ1) is 15.7. The highest BCUT2D eigenvalue weighted by molar-refractivity contribution is 5.97. The predicted molar refractivity (Wildman–Crippen MR) is 73.5 cm³/mol. The third-order valence-corrected chi connectivity index (χ3v) is 3.68. The van der Waals surface area contributed by atoms with Crippen molar-refractivity contribution in [1.29, 1.82) is 0 Å². The number of likely N-dealkylation sites (tertiary alicyclic amines) is 1. The number of alkyl halides is 2. The molecule has 0 aromatic heterocycles. The van der Waals surface area contributed by atoms with E-state index in [-0.39, 0.29) is 17.2 Å². The third kappa shape index (κ3) is 4.14. The quantitative estimate of drug-likeness (QED) is 0.933. The minimum atomic E-state index is -2.97. The molecule has 1 amide bonds. The van der Waals surface area contributed by atoms with E-state index in [4.69, 9.17) is 0 Å². The van der Waals surface area contributed by atoms with Crippen LogP contribution in [0.1, 0.15) is 36.5 Å². The number of carbonyl (C=O) groups excluding carboxylic acids is 1. The summed E-state index contributed by atoms with van der Waals surface area (Å²) < 4.78 is 29.2. The van der Waals surface area contributed by atoms with Gasteiger partial charge in [-0.3, -0.25) is 4.79 Å². The topological polar surface area (TPSA) is 49.8 Å². The largest absolute Gasteiger partial charge is 0.434 e. The van der Waals surface area contributed by atoms with Crippen LogP contribution in [0.5, 0.6) is 5.75 Å². The summed E-state index contributed by atoms with van der Waals surface area (Å²) in [5, 5.41) is 10.0. The molecule has 0 spiro atoms. The molecule has 0 radical (unpaired) electrons. The zero-order chi connectivity index (χ0) is 15.5. The molecule has 116 valence electrons. The number of para-hydroxylation sites is 1. The summed E-state index contributed by atoms with van der Waals surface area (Å²) in [6.07, 6.45) is 1.76. The molecule has 1 atom stereocenters. The smallest absolute Gasteiger partial charge is 0.387 e. The van der Waals surface area contributed by atoms with Crippen molar-refractivity contribution >= 4 is 5.91 Å². The van der Waals surface area contributed by atoms with Crippen molar-refractivity contribution < 1.29 is 23.4 Å². The summed E-state index contributed by atoms with van der Waals surface area (Å²) in [6.45, 7) is -0.328. The van der Waals surface area contributed by atoms with Gasteiger partial charge in [0.15, 0.2) is 0 Å². The maximum Gasteiger partial charge on any atom is 0.387 e. The highest BCUT2D eigenvalue weighted by Gasteiger charge is 2.28. The minimum Gasteiger partial charge on any atom is -0.434 e. The lowest BCUT2D eigenvalue weighted by atomic mass is 9.98. The molecular weight excluding hydrogens is 280 g/mol. The first-order valence-electron chi connectivity index (χ1n) is 6.94. The van der Waals surface area contributed by atoms with Gasteiger partial charge in [-0.25, -0.2) is 0 Å². The molecule has 1 N–H and O–H groups in total. The Labute approximate surface area is 122 Å². The average molecular weight is 299 g/mol. The minimum absolute atomic E-state index is 0.117. The van der Waals surface area contributed by atoms with Crippen molar-refractivity contribution in [1.82, 2.24) is 4.90 Å². The Hall–Kier alpha value is -1.69. The molecule has 6 heteroatoms. The molecule has 1 aliphatic rings. The van der Waals surface area contributed by atoms with E-state index < -0.39 is 12.2 Å². The van der Waals surface area contributed by atoms with Gasteiger partial charge in [0.25, 0.3) is 5.91 Å². The summed E-state index contributed by atoms with van der Waals surface area (Å²) in [5.74, 6) is -0.461. The van der Waals surface area contributed by atoms with Crippen molar-refractivity contribution in [3.05, 3.63) is 29.8 Å². The second-order valence-electron chi connectivity index (χ2n) is 5.52. The molecule has 4 nitrogen and oxygen atoms in total. The summed E-state index contributed by atoms with van der Waals surface area (Å²) in [7, 11) is 0. The predicted octanol–water partition coefficient (Wildman–Crippen LogP) is 2.67. The molecule has 1 unspecified atom stereocenters. The lowest BCUT2D eigenvalue weighted by molar-refractivity contribution is -0.0502. The van der Waals surface area contributed by atoms with E-state index in [0.29, 0.717) is 32.4 Å². The van der Waals surface area contributed by atoms with Crippen LogP contribution in [0.25, 0.3) is 0 Å². The van der Waals surface area contributed by atoms with Crippen molar-refractivity contribution in [2.75, 3.05) is 13.1 Å². The number of benzene rings is 1. The van der Waals surface area contributed by atoms with Gasteiger partial charge in [-0.2, -0.15) is 8.78 Å². The summed E-state index contributed by atoms with van der Waals surface area (Å²) in [4.78, 5) is 14.1. The van der Waals surface area contributed by atoms with Crippen LogP contribution in [0, 0.1) is 0 Å². The van der Waals surface area contributed by atoms with Gasteiger partial charge in [-0.15, -0.1) is 0 Å². The van der Waals surface area contributed by atoms with E-state index in [1.807, 2.05) is 0 Å². The van der Waals surface area contributed by atoms with E-state index >= 15 is 0 Å². The van der Waals surface area contributed by atoms with Gasteiger partial charge in [0.1, 0.15) is 5.75 Å². The Kier molecular flexibility index (Phi) is 4.77. The Morgan fingerprint density at radius 3 is 2.76 bits per heavy atom. The third-order valence-electron chi connectivity index (χ3n) is 3.68. The van der Waals surface area contributed by atoms with Crippen molar-refractivity contribution in [3.8, 4) is 5.75 Å². The molecule has 0 aliphatic carbocycles. The second kappa shape index (κ2) is 6.39. The molecule has 1 heterocycles. The fourth-order valence-corrected chi connectivity index (χ4v) is 2.48. The van der Waals surface area contributed by atoms with Crippen LogP contribution < -0.4 is 4.74 Å². The Balaban J connectivity index is 2.16. The number of ether oxygens (including phenoxy) is 1. The molecule has 2 rings (SSSR count). The van der Waals surface area contributed by atoms with E-state index in [9.17, 15) is 18.7 Å². The average Bonchev–Trinajstić information content (AvgIpc) is 2.59. The number of carbonyl (C=O) groups is 1.